The molecule has 0 aliphatic rings. The number of rotatable bonds is 5. The van der Waals surface area contributed by atoms with Crippen LogP contribution in [0.3, 0.4) is 0 Å². The van der Waals surface area contributed by atoms with E-state index in [9.17, 15) is 8.78 Å². The lowest BCUT2D eigenvalue weighted by Gasteiger charge is -2.06. The van der Waals surface area contributed by atoms with Crippen LogP contribution in [-0.4, -0.2) is 4.98 Å². The zero-order chi connectivity index (χ0) is 14.5. The number of aryl methyl sites for hydroxylation is 1. The van der Waals surface area contributed by atoms with Crippen LogP contribution >= 0.6 is 11.6 Å². The second-order valence-electron chi connectivity index (χ2n) is 4.75. The number of hydrogen-bond donors (Lipinski definition) is 0. The third-order valence-corrected chi connectivity index (χ3v) is 3.51. The lowest BCUT2D eigenvalue weighted by atomic mass is 10.0. The minimum Gasteiger partial charge on any atom is -0.205 e. The average molecular weight is 296 g/mol. The Kier molecular flexibility index (Phi) is 5.07. The summed E-state index contributed by atoms with van der Waals surface area (Å²) in [6.45, 7) is 2.17. The average Bonchev–Trinajstić information content (AvgIpc) is 2.44. The van der Waals surface area contributed by atoms with Crippen molar-refractivity contribution in [2.45, 2.75) is 32.6 Å². The molecule has 4 heteroatoms. The molecule has 20 heavy (non-hydrogen) atoms. The molecule has 0 spiro atoms. The lowest BCUT2D eigenvalue weighted by molar-refractivity contribution is 0.480. The molecule has 0 bridgehead atoms. The fraction of sp³-hybridized carbons (Fsp3) is 0.312. The molecule has 0 unspecified atom stereocenters. The summed E-state index contributed by atoms with van der Waals surface area (Å²) in [4.78, 5) is 3.36. The Morgan fingerprint density at radius 3 is 2.45 bits per heavy atom. The molecule has 1 nitrogen and oxygen atoms in total. The zero-order valence-electron chi connectivity index (χ0n) is 11.3. The van der Waals surface area contributed by atoms with Crippen LogP contribution in [0, 0.1) is 11.8 Å². The predicted octanol–water partition coefficient (Wildman–Crippen LogP) is 5.41. The summed E-state index contributed by atoms with van der Waals surface area (Å²) >= 11 is 5.86. The fourth-order valence-electron chi connectivity index (χ4n) is 2.08. The van der Waals surface area contributed by atoms with Crippen LogP contribution in [0.4, 0.5) is 8.78 Å². The number of halogens is 3. The summed E-state index contributed by atoms with van der Waals surface area (Å²) in [5.41, 5.74) is 2.38. The van der Waals surface area contributed by atoms with Crippen molar-refractivity contribution in [3.8, 4) is 11.1 Å². The molecule has 2 rings (SSSR count). The van der Waals surface area contributed by atoms with Gasteiger partial charge in [0, 0.05) is 5.56 Å². The third-order valence-electron chi connectivity index (χ3n) is 3.22. The molecule has 0 N–H and O–H groups in total. The van der Waals surface area contributed by atoms with Gasteiger partial charge >= 0.3 is 0 Å². The molecule has 1 heterocycles. The zero-order valence-corrected chi connectivity index (χ0v) is 12.1. The van der Waals surface area contributed by atoms with Crippen LogP contribution in [0.15, 0.2) is 30.3 Å². The highest BCUT2D eigenvalue weighted by atomic mass is 35.5. The quantitative estimate of drug-likeness (QED) is 0.530. The van der Waals surface area contributed by atoms with Gasteiger partial charge in [-0.2, -0.15) is 4.39 Å². The van der Waals surface area contributed by atoms with E-state index in [-0.39, 0.29) is 5.15 Å². The van der Waals surface area contributed by atoms with Gasteiger partial charge in [-0.25, -0.2) is 9.37 Å². The van der Waals surface area contributed by atoms with Crippen molar-refractivity contribution < 1.29 is 8.78 Å². The molecule has 0 fully saturated rings. The Bertz CT molecular complexity index is 582. The largest absolute Gasteiger partial charge is 0.250 e. The Hall–Kier alpha value is -1.48. The van der Waals surface area contributed by atoms with Gasteiger partial charge in [0.05, 0.1) is 0 Å². The van der Waals surface area contributed by atoms with E-state index in [2.05, 4.69) is 11.9 Å². The molecule has 1 aromatic heterocycles. The molecular weight excluding hydrogens is 280 g/mol. The molecule has 1 aromatic carbocycles. The highest BCUT2D eigenvalue weighted by Gasteiger charge is 2.11. The van der Waals surface area contributed by atoms with Gasteiger partial charge in [0.2, 0.25) is 5.95 Å². The van der Waals surface area contributed by atoms with E-state index < -0.39 is 11.8 Å². The van der Waals surface area contributed by atoms with E-state index in [1.54, 1.807) is 0 Å². The monoisotopic (exact) mass is 295 g/mol. The standard InChI is InChI=1S/C16H16ClF2N/c1-2-3-4-5-11-6-8-12(9-7-11)13-10-14(18)16(19)20-15(13)17/h6-10H,2-5H2,1H3. The third kappa shape index (κ3) is 3.54. The molecule has 2 aromatic rings. The van der Waals surface area contributed by atoms with Gasteiger partial charge in [0.25, 0.3) is 0 Å². The van der Waals surface area contributed by atoms with Crippen LogP contribution in [-0.2, 0) is 6.42 Å². The Balaban J connectivity index is 2.19. The van der Waals surface area contributed by atoms with E-state index in [1.807, 2.05) is 24.3 Å². The van der Waals surface area contributed by atoms with Crippen LogP contribution < -0.4 is 0 Å². The second kappa shape index (κ2) is 6.80. The van der Waals surface area contributed by atoms with Gasteiger partial charge in [-0.05, 0) is 30.0 Å². The molecule has 0 aliphatic carbocycles. The smallest absolute Gasteiger partial charge is 0.205 e. The lowest BCUT2D eigenvalue weighted by Crippen LogP contribution is -1.93. The minimum atomic E-state index is -1.17. The van der Waals surface area contributed by atoms with E-state index in [4.69, 9.17) is 11.6 Å². The normalized spacial score (nSPS) is 10.8. The number of pyridine rings is 1. The second-order valence-corrected chi connectivity index (χ2v) is 5.11. The molecule has 0 aliphatic heterocycles. The Morgan fingerprint density at radius 1 is 1.10 bits per heavy atom. The first-order chi connectivity index (χ1) is 9.61. The number of nitrogens with zero attached hydrogens (tertiary/aromatic N) is 1. The topological polar surface area (TPSA) is 12.9 Å². The van der Waals surface area contributed by atoms with E-state index >= 15 is 0 Å². The van der Waals surface area contributed by atoms with Crippen molar-refractivity contribution in [1.29, 1.82) is 0 Å². The van der Waals surface area contributed by atoms with Crippen molar-refractivity contribution in [2.24, 2.45) is 0 Å². The number of unbranched alkanes of at least 4 members (excludes halogenated alkanes) is 2. The molecule has 0 saturated carbocycles. The van der Waals surface area contributed by atoms with Gasteiger partial charge in [0.15, 0.2) is 5.82 Å². The van der Waals surface area contributed by atoms with Crippen LogP contribution in [0.2, 0.25) is 5.15 Å². The maximum absolute atomic E-state index is 13.2. The summed E-state index contributed by atoms with van der Waals surface area (Å²) in [7, 11) is 0. The summed E-state index contributed by atoms with van der Waals surface area (Å²) < 4.78 is 26.2. The Labute approximate surface area is 122 Å². The number of benzene rings is 1. The van der Waals surface area contributed by atoms with E-state index in [0.717, 1.165) is 24.5 Å². The number of aromatic nitrogens is 1. The summed E-state index contributed by atoms with van der Waals surface area (Å²) in [5, 5.41) is -0.0253. The first-order valence-electron chi connectivity index (χ1n) is 6.72. The van der Waals surface area contributed by atoms with Crippen molar-refractivity contribution in [3.63, 3.8) is 0 Å². The van der Waals surface area contributed by atoms with Gasteiger partial charge in [-0.3, -0.25) is 0 Å². The molecule has 0 radical (unpaired) electrons. The maximum Gasteiger partial charge on any atom is 0.250 e. The van der Waals surface area contributed by atoms with Crippen LogP contribution in [0.25, 0.3) is 11.1 Å². The SMILES string of the molecule is CCCCCc1ccc(-c2cc(F)c(F)nc2Cl)cc1. The highest BCUT2D eigenvalue weighted by molar-refractivity contribution is 6.32. The van der Waals surface area contributed by atoms with Crippen LogP contribution in [0.1, 0.15) is 31.7 Å². The van der Waals surface area contributed by atoms with Gasteiger partial charge in [0.1, 0.15) is 5.15 Å². The van der Waals surface area contributed by atoms with Crippen molar-refractivity contribution in [2.75, 3.05) is 0 Å². The molecule has 106 valence electrons. The van der Waals surface area contributed by atoms with Gasteiger partial charge in [-0.15, -0.1) is 0 Å². The van der Waals surface area contributed by atoms with Crippen molar-refractivity contribution in [3.05, 3.63) is 52.8 Å². The molecule has 0 saturated heterocycles. The predicted molar refractivity (Wildman–Crippen MR) is 77.8 cm³/mol. The summed E-state index contributed by atoms with van der Waals surface area (Å²) in [5.74, 6) is -2.16. The molecule has 0 atom stereocenters. The van der Waals surface area contributed by atoms with Crippen LogP contribution in [0.5, 0.6) is 0 Å². The first kappa shape index (κ1) is 14.9. The van der Waals surface area contributed by atoms with Crippen molar-refractivity contribution >= 4 is 11.6 Å². The Morgan fingerprint density at radius 2 is 1.80 bits per heavy atom. The summed E-state index contributed by atoms with van der Waals surface area (Å²) in [6.07, 6.45) is 4.58. The molecular formula is C16H16ClF2N. The maximum atomic E-state index is 13.2. The molecule has 0 amide bonds. The van der Waals surface area contributed by atoms with Crippen molar-refractivity contribution in [1.82, 2.24) is 4.98 Å². The first-order valence-corrected chi connectivity index (χ1v) is 7.10. The minimum absolute atomic E-state index is 0.0253. The summed E-state index contributed by atoms with van der Waals surface area (Å²) in [6, 6.07) is 8.78. The van der Waals surface area contributed by atoms with Gasteiger partial charge in [-0.1, -0.05) is 55.6 Å². The van der Waals surface area contributed by atoms with E-state index in [0.29, 0.717) is 5.56 Å². The number of hydrogen-bond acceptors (Lipinski definition) is 1. The fourth-order valence-corrected chi connectivity index (χ4v) is 2.32. The van der Waals surface area contributed by atoms with Gasteiger partial charge < -0.3 is 0 Å². The van der Waals surface area contributed by atoms with E-state index in [1.165, 1.54) is 18.4 Å². The highest BCUT2D eigenvalue weighted by Crippen LogP contribution is 2.28.